The summed E-state index contributed by atoms with van der Waals surface area (Å²) in [5.41, 5.74) is 2.95. The first-order valence-electron chi connectivity index (χ1n) is 8.80. The van der Waals surface area contributed by atoms with Crippen LogP contribution in [0.5, 0.6) is 0 Å². The lowest BCUT2D eigenvalue weighted by atomic mass is 10.1. The number of hydrogen-bond acceptors (Lipinski definition) is 5. The minimum absolute atomic E-state index is 0.212. The van der Waals surface area contributed by atoms with E-state index >= 15 is 0 Å². The van der Waals surface area contributed by atoms with E-state index in [4.69, 9.17) is 11.6 Å². The zero-order chi connectivity index (χ0) is 19.8. The SMILES string of the molecule is O=c1ccn(-c2cncc(Cl)c2)nc1-c1ccnn1-c1cccc2ncccc12. The van der Waals surface area contributed by atoms with Crippen LogP contribution in [0.25, 0.3) is 33.7 Å². The lowest BCUT2D eigenvalue weighted by molar-refractivity contribution is 0.821. The van der Waals surface area contributed by atoms with Crippen molar-refractivity contribution < 1.29 is 0 Å². The Balaban J connectivity index is 1.70. The van der Waals surface area contributed by atoms with Crippen LogP contribution in [0.4, 0.5) is 0 Å². The second-order valence-electron chi connectivity index (χ2n) is 6.31. The van der Waals surface area contributed by atoms with Crippen LogP contribution < -0.4 is 5.43 Å². The van der Waals surface area contributed by atoms with Gasteiger partial charge >= 0.3 is 0 Å². The minimum Gasteiger partial charge on any atom is -0.287 e. The van der Waals surface area contributed by atoms with Gasteiger partial charge in [-0.15, -0.1) is 0 Å². The van der Waals surface area contributed by atoms with E-state index in [0.717, 1.165) is 16.6 Å². The first-order valence-corrected chi connectivity index (χ1v) is 9.18. The van der Waals surface area contributed by atoms with E-state index < -0.39 is 0 Å². The summed E-state index contributed by atoms with van der Waals surface area (Å²) >= 11 is 6.04. The van der Waals surface area contributed by atoms with Crippen molar-refractivity contribution in [2.45, 2.75) is 0 Å². The fraction of sp³-hybridized carbons (Fsp3) is 0. The van der Waals surface area contributed by atoms with Gasteiger partial charge in [0.2, 0.25) is 5.43 Å². The van der Waals surface area contributed by atoms with Crippen molar-refractivity contribution in [2.75, 3.05) is 0 Å². The number of rotatable bonds is 3. The summed E-state index contributed by atoms with van der Waals surface area (Å²) in [7, 11) is 0. The van der Waals surface area contributed by atoms with E-state index in [1.807, 2.05) is 30.3 Å². The predicted octanol–water partition coefficient (Wildman–Crippen LogP) is 3.68. The van der Waals surface area contributed by atoms with Crippen LogP contribution in [0, 0.1) is 0 Å². The van der Waals surface area contributed by atoms with Gasteiger partial charge in [0.25, 0.3) is 0 Å². The molecule has 8 heteroatoms. The molecule has 0 radical (unpaired) electrons. The summed E-state index contributed by atoms with van der Waals surface area (Å²) in [6.45, 7) is 0. The van der Waals surface area contributed by atoms with Gasteiger partial charge in [-0.1, -0.05) is 17.7 Å². The van der Waals surface area contributed by atoms with Gasteiger partial charge in [-0.2, -0.15) is 10.2 Å². The van der Waals surface area contributed by atoms with Gasteiger partial charge in [0.05, 0.1) is 40.0 Å². The lowest BCUT2D eigenvalue weighted by Crippen LogP contribution is -2.15. The molecular formula is C21H13ClN6O. The quantitative estimate of drug-likeness (QED) is 0.461. The summed E-state index contributed by atoms with van der Waals surface area (Å²) in [5, 5.41) is 10.4. The molecule has 0 saturated carbocycles. The molecule has 0 aliphatic carbocycles. The molecule has 0 aliphatic rings. The fourth-order valence-electron chi connectivity index (χ4n) is 3.20. The normalized spacial score (nSPS) is 11.1. The maximum absolute atomic E-state index is 12.6. The molecule has 140 valence electrons. The molecular weight excluding hydrogens is 388 g/mol. The van der Waals surface area contributed by atoms with Crippen molar-refractivity contribution in [3.8, 4) is 22.8 Å². The van der Waals surface area contributed by atoms with Gasteiger partial charge in [0, 0.05) is 30.0 Å². The van der Waals surface area contributed by atoms with Crippen LogP contribution in [0.2, 0.25) is 5.02 Å². The Hall–Kier alpha value is -3.84. The van der Waals surface area contributed by atoms with E-state index in [2.05, 4.69) is 20.2 Å². The number of pyridine rings is 2. The largest absolute Gasteiger partial charge is 0.287 e. The van der Waals surface area contributed by atoms with Crippen molar-refractivity contribution in [3.05, 3.63) is 94.8 Å². The first kappa shape index (κ1) is 17.3. The molecule has 4 aromatic heterocycles. The van der Waals surface area contributed by atoms with Crippen LogP contribution in [-0.2, 0) is 0 Å². The van der Waals surface area contributed by atoms with Gasteiger partial charge < -0.3 is 0 Å². The number of fused-ring (bicyclic) bond motifs is 1. The monoisotopic (exact) mass is 400 g/mol. The van der Waals surface area contributed by atoms with Gasteiger partial charge in [0.15, 0.2) is 5.69 Å². The van der Waals surface area contributed by atoms with Crippen molar-refractivity contribution in [1.29, 1.82) is 0 Å². The Morgan fingerprint density at radius 3 is 2.79 bits per heavy atom. The molecule has 29 heavy (non-hydrogen) atoms. The lowest BCUT2D eigenvalue weighted by Gasteiger charge is -2.11. The summed E-state index contributed by atoms with van der Waals surface area (Å²) in [6, 6.07) is 14.6. The van der Waals surface area contributed by atoms with E-state index in [0.29, 0.717) is 16.4 Å². The summed E-state index contributed by atoms with van der Waals surface area (Å²) in [6.07, 6.45) is 8.14. The van der Waals surface area contributed by atoms with Gasteiger partial charge in [-0.25, -0.2) is 9.36 Å². The van der Waals surface area contributed by atoms with Crippen LogP contribution in [-0.4, -0.2) is 29.5 Å². The van der Waals surface area contributed by atoms with Crippen LogP contribution in [0.1, 0.15) is 0 Å². The molecule has 0 spiro atoms. The molecule has 0 N–H and O–H groups in total. The predicted molar refractivity (Wildman–Crippen MR) is 110 cm³/mol. The standard InChI is InChI=1S/C21H13ClN6O/c22-14-11-15(13-23-12-14)27-10-7-20(29)21(26-27)19-6-9-25-28(19)18-5-1-4-17-16(18)3-2-8-24-17/h1-13H. The average Bonchev–Trinajstić information content (AvgIpc) is 3.23. The third kappa shape index (κ3) is 3.07. The highest BCUT2D eigenvalue weighted by Crippen LogP contribution is 2.24. The van der Waals surface area contributed by atoms with E-state index in [9.17, 15) is 4.79 Å². The molecule has 0 amide bonds. The van der Waals surface area contributed by atoms with Crippen LogP contribution in [0.15, 0.2) is 84.3 Å². The molecule has 0 fully saturated rings. The van der Waals surface area contributed by atoms with Gasteiger partial charge in [-0.05, 0) is 36.4 Å². The number of nitrogens with zero attached hydrogens (tertiary/aromatic N) is 6. The Kier molecular flexibility index (Phi) is 4.14. The molecule has 0 bridgehead atoms. The van der Waals surface area contributed by atoms with Crippen molar-refractivity contribution in [2.24, 2.45) is 0 Å². The molecule has 0 unspecified atom stereocenters. The van der Waals surface area contributed by atoms with Crippen molar-refractivity contribution in [1.82, 2.24) is 29.5 Å². The molecule has 1 aromatic carbocycles. The molecule has 5 aromatic rings. The summed E-state index contributed by atoms with van der Waals surface area (Å²) < 4.78 is 3.27. The maximum atomic E-state index is 12.6. The zero-order valence-electron chi connectivity index (χ0n) is 15.0. The molecule has 0 atom stereocenters. The number of hydrogen-bond donors (Lipinski definition) is 0. The zero-order valence-corrected chi connectivity index (χ0v) is 15.7. The first-order chi connectivity index (χ1) is 14.2. The Morgan fingerprint density at radius 1 is 0.966 bits per heavy atom. The second-order valence-corrected chi connectivity index (χ2v) is 6.75. The smallest absolute Gasteiger partial charge is 0.209 e. The highest BCUT2D eigenvalue weighted by molar-refractivity contribution is 6.30. The van der Waals surface area contributed by atoms with Crippen LogP contribution >= 0.6 is 11.6 Å². The Bertz CT molecular complexity index is 1400. The fourth-order valence-corrected chi connectivity index (χ4v) is 3.37. The Morgan fingerprint density at radius 2 is 1.90 bits per heavy atom. The molecule has 5 rings (SSSR count). The number of halogens is 1. The molecule has 0 saturated heterocycles. The summed E-state index contributed by atoms with van der Waals surface area (Å²) in [4.78, 5) is 21.1. The van der Waals surface area contributed by atoms with Crippen molar-refractivity contribution in [3.63, 3.8) is 0 Å². The average molecular weight is 401 g/mol. The molecule has 0 aliphatic heterocycles. The highest BCUT2D eigenvalue weighted by atomic mass is 35.5. The number of benzene rings is 1. The molecule has 4 heterocycles. The third-order valence-corrected chi connectivity index (χ3v) is 4.71. The minimum atomic E-state index is -0.212. The van der Waals surface area contributed by atoms with Crippen molar-refractivity contribution >= 4 is 22.5 Å². The maximum Gasteiger partial charge on any atom is 0.209 e. The Labute approximate surface area is 169 Å². The highest BCUT2D eigenvalue weighted by Gasteiger charge is 2.15. The third-order valence-electron chi connectivity index (χ3n) is 4.50. The molecule has 7 nitrogen and oxygen atoms in total. The topological polar surface area (TPSA) is 78.5 Å². The second kappa shape index (κ2) is 6.96. The van der Waals surface area contributed by atoms with E-state index in [1.165, 1.54) is 12.3 Å². The number of aromatic nitrogens is 6. The van der Waals surface area contributed by atoms with Crippen LogP contribution in [0.3, 0.4) is 0 Å². The van der Waals surface area contributed by atoms with E-state index in [-0.39, 0.29) is 11.1 Å². The van der Waals surface area contributed by atoms with Gasteiger partial charge in [0.1, 0.15) is 0 Å². The van der Waals surface area contributed by atoms with Gasteiger partial charge in [-0.3, -0.25) is 14.8 Å². The van der Waals surface area contributed by atoms with E-state index in [1.54, 1.807) is 46.3 Å². The summed E-state index contributed by atoms with van der Waals surface area (Å²) in [5.74, 6) is 0.